The van der Waals surface area contributed by atoms with E-state index in [0.717, 1.165) is 6.08 Å². The molecule has 2 N–H and O–H groups in total. The number of hydrogen-bond acceptors (Lipinski definition) is 2. The highest BCUT2D eigenvalue weighted by atomic mass is 19.4. The van der Waals surface area contributed by atoms with E-state index in [0.29, 0.717) is 22.8 Å². The van der Waals surface area contributed by atoms with Crippen LogP contribution in [0.4, 0.5) is 23.2 Å². The van der Waals surface area contributed by atoms with Crippen LogP contribution in [0.2, 0.25) is 0 Å². The third-order valence-corrected chi connectivity index (χ3v) is 3.86. The Kier molecular flexibility index (Phi) is 3.59. The molecule has 0 aromatic heterocycles. The molecule has 3 nitrogen and oxygen atoms in total. The molecule has 1 unspecified atom stereocenters. The number of nitrogens with one attached hydrogen (secondary N) is 1. The van der Waals surface area contributed by atoms with Crippen molar-refractivity contribution in [3.8, 4) is 11.1 Å². The topological polar surface area (TPSA) is 49.3 Å². The Labute approximate surface area is 134 Å². The van der Waals surface area contributed by atoms with Gasteiger partial charge in [0.2, 0.25) is 0 Å². The fraction of sp³-hybridized carbons (Fsp3) is 0.118. The summed E-state index contributed by atoms with van der Waals surface area (Å²) < 4.78 is 52.5. The Hall–Kier alpha value is -2.83. The van der Waals surface area contributed by atoms with Gasteiger partial charge in [0, 0.05) is 5.69 Å². The first-order chi connectivity index (χ1) is 11.2. The summed E-state index contributed by atoms with van der Waals surface area (Å²) in [6.45, 7) is 0. The predicted octanol–water partition coefficient (Wildman–Crippen LogP) is 4.32. The molecule has 0 fully saturated rings. The van der Waals surface area contributed by atoms with Crippen molar-refractivity contribution in [3.05, 3.63) is 59.9 Å². The molecule has 124 valence electrons. The van der Waals surface area contributed by atoms with E-state index in [1.807, 2.05) is 0 Å². The lowest BCUT2D eigenvalue weighted by molar-refractivity contribution is -0.186. The molecule has 1 atom stereocenters. The monoisotopic (exact) mass is 337 g/mol. The summed E-state index contributed by atoms with van der Waals surface area (Å²) in [6, 6.07) is 10.2. The van der Waals surface area contributed by atoms with Crippen molar-refractivity contribution in [1.29, 1.82) is 0 Å². The molecule has 2 aromatic carbocycles. The molecule has 1 aliphatic rings. The lowest BCUT2D eigenvalue weighted by Crippen LogP contribution is -2.57. The molecule has 0 radical (unpaired) electrons. The van der Waals surface area contributed by atoms with E-state index in [1.165, 1.54) is 18.2 Å². The van der Waals surface area contributed by atoms with Crippen LogP contribution in [0.25, 0.3) is 17.2 Å². The largest absolute Gasteiger partial charge is 0.479 e. The third-order valence-electron chi connectivity index (χ3n) is 3.86. The molecule has 0 bridgehead atoms. The molecule has 0 spiro atoms. The zero-order chi connectivity index (χ0) is 17.5. The van der Waals surface area contributed by atoms with Crippen LogP contribution in [-0.4, -0.2) is 22.8 Å². The van der Waals surface area contributed by atoms with Gasteiger partial charge in [0.15, 0.2) is 0 Å². The van der Waals surface area contributed by atoms with Crippen LogP contribution in [0.1, 0.15) is 5.56 Å². The van der Waals surface area contributed by atoms with Gasteiger partial charge in [0.05, 0.1) is 0 Å². The second-order valence-electron chi connectivity index (χ2n) is 5.38. The summed E-state index contributed by atoms with van der Waals surface area (Å²) in [5.74, 6) is -2.42. The van der Waals surface area contributed by atoms with Crippen molar-refractivity contribution in [2.24, 2.45) is 0 Å². The Morgan fingerprint density at radius 2 is 1.67 bits per heavy atom. The quantitative estimate of drug-likeness (QED) is 0.803. The molecule has 0 aliphatic carbocycles. The lowest BCUT2D eigenvalue weighted by atomic mass is 9.90. The SMILES string of the molecule is O=C(O)C1(C(F)(F)F)C=Cc2cc(-c3ccc(F)cc3)ccc2N1. The number of fused-ring (bicyclic) bond motifs is 1. The van der Waals surface area contributed by atoms with Crippen LogP contribution < -0.4 is 5.32 Å². The van der Waals surface area contributed by atoms with Gasteiger partial charge in [-0.2, -0.15) is 13.2 Å². The number of carboxylic acid groups (broad SMARTS) is 1. The molecule has 7 heteroatoms. The summed E-state index contributed by atoms with van der Waals surface area (Å²) in [4.78, 5) is 11.2. The second kappa shape index (κ2) is 5.36. The van der Waals surface area contributed by atoms with E-state index in [4.69, 9.17) is 5.11 Å². The highest BCUT2D eigenvalue weighted by Crippen LogP contribution is 2.40. The van der Waals surface area contributed by atoms with Crippen LogP contribution in [0, 0.1) is 5.82 Å². The molecule has 3 rings (SSSR count). The molecule has 1 aliphatic heterocycles. The first-order valence-electron chi connectivity index (χ1n) is 6.90. The molecule has 2 aromatic rings. The highest BCUT2D eigenvalue weighted by molar-refractivity contribution is 5.92. The van der Waals surface area contributed by atoms with Gasteiger partial charge in [-0.3, -0.25) is 0 Å². The highest BCUT2D eigenvalue weighted by Gasteiger charge is 2.60. The maximum absolute atomic E-state index is 13.2. The normalized spacial score (nSPS) is 19.5. The summed E-state index contributed by atoms with van der Waals surface area (Å²) in [6.07, 6.45) is -3.28. The third kappa shape index (κ3) is 2.51. The minimum Gasteiger partial charge on any atom is -0.479 e. The smallest absolute Gasteiger partial charge is 0.426 e. The Bertz CT molecular complexity index is 827. The number of rotatable bonds is 2. The molecule has 24 heavy (non-hydrogen) atoms. The van der Waals surface area contributed by atoms with Crippen LogP contribution in [0.3, 0.4) is 0 Å². The number of halogens is 4. The number of anilines is 1. The lowest BCUT2D eigenvalue weighted by Gasteiger charge is -2.34. The van der Waals surface area contributed by atoms with Gasteiger partial charge in [-0.05, 0) is 47.0 Å². The van der Waals surface area contributed by atoms with Gasteiger partial charge in [-0.15, -0.1) is 0 Å². The van der Waals surface area contributed by atoms with Crippen molar-refractivity contribution < 1.29 is 27.5 Å². The minimum atomic E-state index is -5.00. The number of carboxylic acids is 1. The van der Waals surface area contributed by atoms with E-state index >= 15 is 0 Å². The van der Waals surface area contributed by atoms with Gasteiger partial charge in [0.25, 0.3) is 5.54 Å². The van der Waals surface area contributed by atoms with Crippen LogP contribution in [-0.2, 0) is 4.79 Å². The average Bonchev–Trinajstić information content (AvgIpc) is 2.53. The number of benzene rings is 2. The zero-order valence-corrected chi connectivity index (χ0v) is 12.1. The zero-order valence-electron chi connectivity index (χ0n) is 12.1. The van der Waals surface area contributed by atoms with E-state index in [9.17, 15) is 22.4 Å². The Morgan fingerprint density at radius 3 is 2.25 bits per heavy atom. The Morgan fingerprint density at radius 1 is 1.04 bits per heavy atom. The van der Waals surface area contributed by atoms with Crippen LogP contribution in [0.5, 0.6) is 0 Å². The van der Waals surface area contributed by atoms with Gasteiger partial charge in [-0.1, -0.05) is 24.3 Å². The standard InChI is InChI=1S/C17H11F4NO2/c18-13-4-1-10(2-5-13)11-3-6-14-12(9-11)7-8-16(22-14,15(23)24)17(19,20)21/h1-9,22H,(H,23,24). The first kappa shape index (κ1) is 16.0. The predicted molar refractivity (Wildman–Crippen MR) is 80.9 cm³/mol. The fourth-order valence-electron chi connectivity index (χ4n) is 2.52. The summed E-state index contributed by atoms with van der Waals surface area (Å²) in [7, 11) is 0. The van der Waals surface area contributed by atoms with Crippen molar-refractivity contribution in [2.75, 3.05) is 5.32 Å². The second-order valence-corrected chi connectivity index (χ2v) is 5.38. The summed E-state index contributed by atoms with van der Waals surface area (Å²) in [5, 5.41) is 11.1. The number of aliphatic carboxylic acids is 1. The minimum absolute atomic E-state index is 0.0584. The van der Waals surface area contributed by atoms with E-state index < -0.39 is 23.5 Å². The molecular weight excluding hydrogens is 326 g/mol. The number of carbonyl (C=O) groups is 1. The fourth-order valence-corrected chi connectivity index (χ4v) is 2.52. The number of alkyl halides is 3. The van der Waals surface area contributed by atoms with Gasteiger partial charge in [0.1, 0.15) is 5.82 Å². The average molecular weight is 337 g/mol. The van der Waals surface area contributed by atoms with E-state index in [-0.39, 0.29) is 5.69 Å². The maximum Gasteiger partial charge on any atom is 0.426 e. The Balaban J connectivity index is 2.02. The van der Waals surface area contributed by atoms with Crippen molar-refractivity contribution in [3.63, 3.8) is 0 Å². The maximum atomic E-state index is 13.2. The van der Waals surface area contributed by atoms with Crippen molar-refractivity contribution in [2.45, 2.75) is 11.7 Å². The molecule has 0 saturated carbocycles. The summed E-state index contributed by atoms with van der Waals surface area (Å²) in [5.41, 5.74) is -1.31. The van der Waals surface area contributed by atoms with Crippen LogP contribution in [0.15, 0.2) is 48.5 Å². The van der Waals surface area contributed by atoms with E-state index in [1.54, 1.807) is 24.3 Å². The molecular formula is C17H11F4NO2. The number of hydrogen-bond donors (Lipinski definition) is 2. The van der Waals surface area contributed by atoms with Gasteiger partial charge < -0.3 is 10.4 Å². The van der Waals surface area contributed by atoms with Crippen LogP contribution >= 0.6 is 0 Å². The van der Waals surface area contributed by atoms with E-state index in [2.05, 4.69) is 5.32 Å². The van der Waals surface area contributed by atoms with Gasteiger partial charge >= 0.3 is 12.1 Å². The van der Waals surface area contributed by atoms with Gasteiger partial charge in [-0.25, -0.2) is 9.18 Å². The molecule has 1 heterocycles. The molecule has 0 amide bonds. The molecule has 0 saturated heterocycles. The first-order valence-corrected chi connectivity index (χ1v) is 6.90. The summed E-state index contributed by atoms with van der Waals surface area (Å²) >= 11 is 0. The van der Waals surface area contributed by atoms with Crippen molar-refractivity contribution in [1.82, 2.24) is 0 Å². The van der Waals surface area contributed by atoms with Crippen molar-refractivity contribution >= 4 is 17.7 Å².